The van der Waals surface area contributed by atoms with E-state index in [1.807, 2.05) is 6.92 Å². The number of piperidine rings is 1. The van der Waals surface area contributed by atoms with Crippen molar-refractivity contribution in [2.75, 3.05) is 6.54 Å². The Morgan fingerprint density at radius 3 is 2.80 bits per heavy atom. The van der Waals surface area contributed by atoms with Crippen LogP contribution in [-0.4, -0.2) is 37.0 Å². The van der Waals surface area contributed by atoms with Gasteiger partial charge in [-0.25, -0.2) is 13.1 Å². The normalized spacial score (nSPS) is 20.8. The van der Waals surface area contributed by atoms with Gasteiger partial charge in [-0.15, -0.1) is 12.4 Å². The molecule has 0 bridgehead atoms. The van der Waals surface area contributed by atoms with Crippen molar-refractivity contribution in [3.8, 4) is 0 Å². The highest BCUT2D eigenvalue weighted by molar-refractivity contribution is 7.89. The molecule has 25 heavy (non-hydrogen) atoms. The van der Waals surface area contributed by atoms with E-state index < -0.39 is 14.9 Å². The quantitative estimate of drug-likeness (QED) is 0.613. The first-order valence-corrected chi connectivity index (χ1v) is 9.16. The van der Waals surface area contributed by atoms with E-state index in [2.05, 4.69) is 15.0 Å². The van der Waals surface area contributed by atoms with Crippen LogP contribution in [0.4, 0.5) is 5.69 Å². The predicted molar refractivity (Wildman–Crippen MR) is 96.5 cm³/mol. The number of sulfonamides is 1. The molecule has 0 amide bonds. The summed E-state index contributed by atoms with van der Waals surface area (Å²) in [5, 5.41) is 14.6. The van der Waals surface area contributed by atoms with E-state index in [0.717, 1.165) is 19.4 Å². The van der Waals surface area contributed by atoms with Crippen molar-refractivity contribution < 1.29 is 13.3 Å². The number of nitro benzene ring substituents is 1. The Morgan fingerprint density at radius 1 is 1.36 bits per heavy atom. The molecule has 1 aliphatic rings. The largest absolute Gasteiger partial charge is 0.313 e. The maximum atomic E-state index is 12.8. The molecule has 0 spiro atoms. The topological polar surface area (TPSA) is 114 Å². The number of nitro groups is 1. The van der Waals surface area contributed by atoms with Crippen molar-refractivity contribution in [1.29, 1.82) is 0 Å². The molecule has 136 valence electrons. The first kappa shape index (κ1) is 19.5. The van der Waals surface area contributed by atoms with Crippen LogP contribution in [0, 0.1) is 10.1 Å². The number of hydrogen-bond donors (Lipinski definition) is 2. The number of rotatable bonds is 4. The molecule has 3 rings (SSSR count). The third-order valence-electron chi connectivity index (χ3n) is 4.26. The number of non-ortho nitro benzene ring substituents is 1. The molecule has 0 radical (unpaired) electrons. The molecule has 0 aliphatic carbocycles. The Bertz CT molecular complexity index is 890. The van der Waals surface area contributed by atoms with Crippen LogP contribution in [0.25, 0.3) is 10.9 Å². The van der Waals surface area contributed by atoms with Crippen molar-refractivity contribution in [2.45, 2.75) is 36.7 Å². The lowest BCUT2D eigenvalue weighted by molar-refractivity contribution is -0.383. The molecule has 0 saturated carbocycles. The maximum absolute atomic E-state index is 12.8. The van der Waals surface area contributed by atoms with Gasteiger partial charge in [0.2, 0.25) is 10.0 Å². The van der Waals surface area contributed by atoms with Crippen molar-refractivity contribution >= 4 is 39.0 Å². The third-order valence-corrected chi connectivity index (χ3v) is 5.79. The van der Waals surface area contributed by atoms with E-state index in [1.165, 1.54) is 24.4 Å². The van der Waals surface area contributed by atoms with E-state index in [9.17, 15) is 18.5 Å². The van der Waals surface area contributed by atoms with E-state index in [-0.39, 0.29) is 46.0 Å². The third kappa shape index (κ3) is 3.90. The lowest BCUT2D eigenvalue weighted by Gasteiger charge is -2.30. The Hall–Kier alpha value is -1.81. The van der Waals surface area contributed by atoms with E-state index in [4.69, 9.17) is 0 Å². The highest BCUT2D eigenvalue weighted by atomic mass is 35.5. The summed E-state index contributed by atoms with van der Waals surface area (Å²) in [5.41, 5.74) is -0.0552. The average Bonchev–Trinajstić information content (AvgIpc) is 2.55. The maximum Gasteiger partial charge on any atom is 0.278 e. The van der Waals surface area contributed by atoms with Gasteiger partial charge in [-0.1, -0.05) is 0 Å². The number of pyridine rings is 1. The molecule has 2 atom stereocenters. The second kappa shape index (κ2) is 7.61. The molecule has 1 aromatic heterocycles. The molecule has 1 fully saturated rings. The summed E-state index contributed by atoms with van der Waals surface area (Å²) >= 11 is 0. The molecule has 8 nitrogen and oxygen atoms in total. The average molecular weight is 387 g/mol. The number of benzene rings is 1. The fourth-order valence-electron chi connectivity index (χ4n) is 2.98. The lowest BCUT2D eigenvalue weighted by Crippen LogP contribution is -2.51. The van der Waals surface area contributed by atoms with Gasteiger partial charge in [0, 0.05) is 24.3 Å². The first-order chi connectivity index (χ1) is 11.4. The molecule has 2 unspecified atom stereocenters. The van der Waals surface area contributed by atoms with Crippen LogP contribution in [0.2, 0.25) is 0 Å². The molecule has 10 heteroatoms. The number of nitrogens with zero attached hydrogens (tertiary/aromatic N) is 2. The van der Waals surface area contributed by atoms with Crippen LogP contribution >= 0.6 is 12.4 Å². The lowest BCUT2D eigenvalue weighted by atomic mass is 10.0. The van der Waals surface area contributed by atoms with Gasteiger partial charge >= 0.3 is 0 Å². The minimum absolute atomic E-state index is 0. The fourth-order valence-corrected chi connectivity index (χ4v) is 4.49. The minimum atomic E-state index is -3.84. The van der Waals surface area contributed by atoms with Gasteiger partial charge in [-0.05, 0) is 44.5 Å². The highest BCUT2D eigenvalue weighted by Crippen LogP contribution is 2.29. The smallest absolute Gasteiger partial charge is 0.278 e. The minimum Gasteiger partial charge on any atom is -0.313 e. The summed E-state index contributed by atoms with van der Waals surface area (Å²) in [7, 11) is -3.84. The monoisotopic (exact) mass is 386 g/mol. The molecular weight excluding hydrogens is 368 g/mol. The van der Waals surface area contributed by atoms with Gasteiger partial charge in [-0.3, -0.25) is 15.1 Å². The van der Waals surface area contributed by atoms with E-state index in [0.29, 0.717) is 0 Å². The summed E-state index contributed by atoms with van der Waals surface area (Å²) < 4.78 is 28.3. The molecule has 1 aliphatic heterocycles. The van der Waals surface area contributed by atoms with Crippen LogP contribution in [0.15, 0.2) is 35.4 Å². The second-order valence-corrected chi connectivity index (χ2v) is 7.53. The molecule has 1 aromatic carbocycles. The zero-order chi connectivity index (χ0) is 17.3. The van der Waals surface area contributed by atoms with Crippen LogP contribution < -0.4 is 10.0 Å². The molecule has 2 heterocycles. The Kier molecular flexibility index (Phi) is 5.94. The standard InChI is InChI=1S/C15H18N4O4S.ClH/c1-10-12(5-3-8-16-10)18-24(22,23)14-7-6-13(19(20)21)11-4-2-9-17-15(11)14;/h2,4,6-7,9-10,12,16,18H,3,5,8H2,1H3;1H. The van der Waals surface area contributed by atoms with Gasteiger partial charge in [0.1, 0.15) is 4.90 Å². The number of hydrogen-bond acceptors (Lipinski definition) is 6. The van der Waals surface area contributed by atoms with Crippen molar-refractivity contribution in [3.63, 3.8) is 0 Å². The van der Waals surface area contributed by atoms with Gasteiger partial charge in [0.05, 0.1) is 15.8 Å². The van der Waals surface area contributed by atoms with Crippen LogP contribution in [0.5, 0.6) is 0 Å². The SMILES string of the molecule is CC1NCCCC1NS(=O)(=O)c1ccc([N+](=O)[O-])c2cccnc12.Cl. The number of halogens is 1. The van der Waals surface area contributed by atoms with Gasteiger partial charge in [0.25, 0.3) is 5.69 Å². The Labute approximate surface area is 151 Å². The summed E-state index contributed by atoms with van der Waals surface area (Å²) in [6.07, 6.45) is 3.05. The van der Waals surface area contributed by atoms with Crippen LogP contribution in [0.3, 0.4) is 0 Å². The first-order valence-electron chi connectivity index (χ1n) is 7.68. The van der Waals surface area contributed by atoms with Crippen LogP contribution in [0.1, 0.15) is 19.8 Å². The van der Waals surface area contributed by atoms with Gasteiger partial charge in [-0.2, -0.15) is 0 Å². The van der Waals surface area contributed by atoms with Crippen LogP contribution in [-0.2, 0) is 10.0 Å². The van der Waals surface area contributed by atoms with E-state index >= 15 is 0 Å². The zero-order valence-electron chi connectivity index (χ0n) is 13.5. The predicted octanol–water partition coefficient (Wildman–Crippen LogP) is 1.98. The van der Waals surface area contributed by atoms with Gasteiger partial charge in [0.15, 0.2) is 0 Å². The Morgan fingerprint density at radius 2 is 2.12 bits per heavy atom. The number of aromatic nitrogens is 1. The summed E-state index contributed by atoms with van der Waals surface area (Å²) in [6, 6.07) is 5.30. The molecule has 2 N–H and O–H groups in total. The fraction of sp³-hybridized carbons (Fsp3) is 0.400. The Balaban J connectivity index is 0.00000225. The second-order valence-electron chi connectivity index (χ2n) is 5.85. The number of nitrogens with one attached hydrogen (secondary N) is 2. The summed E-state index contributed by atoms with van der Waals surface area (Å²) in [5.74, 6) is 0. The molecule has 2 aromatic rings. The highest BCUT2D eigenvalue weighted by Gasteiger charge is 2.29. The van der Waals surface area contributed by atoms with Crippen molar-refractivity contribution in [3.05, 3.63) is 40.6 Å². The van der Waals surface area contributed by atoms with Crippen molar-refractivity contribution in [2.24, 2.45) is 0 Å². The summed E-state index contributed by atoms with van der Waals surface area (Å²) in [6.45, 7) is 2.79. The van der Waals surface area contributed by atoms with Gasteiger partial charge < -0.3 is 5.32 Å². The zero-order valence-corrected chi connectivity index (χ0v) is 15.1. The number of fused-ring (bicyclic) bond motifs is 1. The van der Waals surface area contributed by atoms with E-state index in [1.54, 1.807) is 6.07 Å². The summed E-state index contributed by atoms with van der Waals surface area (Å²) in [4.78, 5) is 14.6. The molecule has 1 saturated heterocycles. The van der Waals surface area contributed by atoms with Crippen molar-refractivity contribution in [1.82, 2.24) is 15.0 Å². The molecular formula is C15H19ClN4O4S.